The van der Waals surface area contributed by atoms with Crippen molar-refractivity contribution < 1.29 is 13.9 Å². The number of carbonyl (C=O) groups excluding carboxylic acids is 1. The Balaban J connectivity index is 2.01. The van der Waals surface area contributed by atoms with Crippen molar-refractivity contribution in [3.8, 4) is 5.75 Å². The second-order valence-electron chi connectivity index (χ2n) is 5.21. The van der Waals surface area contributed by atoms with Gasteiger partial charge in [0.15, 0.2) is 5.76 Å². The fourth-order valence-corrected chi connectivity index (χ4v) is 2.01. The summed E-state index contributed by atoms with van der Waals surface area (Å²) < 4.78 is 11.1. The summed E-state index contributed by atoms with van der Waals surface area (Å²) in [5.41, 5.74) is 4.04. The molecule has 21 heavy (non-hydrogen) atoms. The first kappa shape index (κ1) is 15.1. The molecular weight excluding hydrogens is 268 g/mol. The minimum atomic E-state index is -0.444. The van der Waals surface area contributed by atoms with E-state index >= 15 is 0 Å². The molecule has 0 radical (unpaired) electrons. The Kier molecular flexibility index (Phi) is 4.65. The number of rotatable bonds is 5. The van der Waals surface area contributed by atoms with Crippen molar-refractivity contribution >= 4 is 5.91 Å². The predicted molar refractivity (Wildman–Crippen MR) is 80.0 cm³/mol. The van der Waals surface area contributed by atoms with E-state index in [1.807, 2.05) is 24.3 Å². The smallest absolute Gasteiger partial charge is 0.301 e. The fourth-order valence-electron chi connectivity index (χ4n) is 2.01. The molecule has 0 bridgehead atoms. The zero-order chi connectivity index (χ0) is 15.4. The van der Waals surface area contributed by atoms with E-state index in [1.165, 1.54) is 5.56 Å². The van der Waals surface area contributed by atoms with Gasteiger partial charge in [-0.25, -0.2) is 5.84 Å². The molecule has 0 atom stereocenters. The summed E-state index contributed by atoms with van der Waals surface area (Å²) in [6.07, 6.45) is 0. The Bertz CT molecular complexity index is 615. The van der Waals surface area contributed by atoms with E-state index in [4.69, 9.17) is 15.0 Å². The van der Waals surface area contributed by atoms with Crippen molar-refractivity contribution in [2.75, 3.05) is 0 Å². The second-order valence-corrected chi connectivity index (χ2v) is 5.21. The van der Waals surface area contributed by atoms with Gasteiger partial charge in [-0.2, -0.15) is 0 Å². The highest BCUT2D eigenvalue weighted by Gasteiger charge is 2.14. The minimum absolute atomic E-state index is 0.214. The van der Waals surface area contributed by atoms with Crippen LogP contribution in [0.2, 0.25) is 0 Å². The Morgan fingerprint density at radius 1 is 1.33 bits per heavy atom. The van der Waals surface area contributed by atoms with Gasteiger partial charge >= 0.3 is 5.91 Å². The molecule has 0 fully saturated rings. The lowest BCUT2D eigenvalue weighted by atomic mass is 10.0. The highest BCUT2D eigenvalue weighted by molar-refractivity contribution is 5.92. The largest absolute Gasteiger partial charge is 0.486 e. The summed E-state index contributed by atoms with van der Waals surface area (Å²) in [4.78, 5) is 11.5. The number of nitrogens with one attached hydrogen (secondary N) is 1. The molecule has 0 aliphatic heterocycles. The van der Waals surface area contributed by atoms with Crippen LogP contribution in [0.3, 0.4) is 0 Å². The molecule has 0 saturated carbocycles. The van der Waals surface area contributed by atoms with Gasteiger partial charge in [0.1, 0.15) is 18.1 Å². The van der Waals surface area contributed by atoms with Gasteiger partial charge in [-0.15, -0.1) is 0 Å². The van der Waals surface area contributed by atoms with E-state index in [0.717, 1.165) is 11.3 Å². The molecule has 0 aliphatic carbocycles. The Morgan fingerprint density at radius 2 is 2.00 bits per heavy atom. The van der Waals surface area contributed by atoms with E-state index in [1.54, 1.807) is 13.0 Å². The number of nitrogen functional groups attached to an aromatic ring is 1. The number of amides is 1. The lowest BCUT2D eigenvalue weighted by Gasteiger charge is -2.07. The van der Waals surface area contributed by atoms with Crippen LogP contribution in [0.15, 0.2) is 34.7 Å². The van der Waals surface area contributed by atoms with E-state index in [9.17, 15) is 4.79 Å². The van der Waals surface area contributed by atoms with Crippen LogP contribution in [0.25, 0.3) is 0 Å². The van der Waals surface area contributed by atoms with Gasteiger partial charge < -0.3 is 9.15 Å². The molecule has 0 aliphatic rings. The summed E-state index contributed by atoms with van der Waals surface area (Å²) in [5.74, 6) is 6.70. The number of aryl methyl sites for hydroxylation is 1. The van der Waals surface area contributed by atoms with Crippen LogP contribution in [0, 0.1) is 6.92 Å². The zero-order valence-corrected chi connectivity index (χ0v) is 12.5. The molecule has 0 saturated heterocycles. The van der Waals surface area contributed by atoms with Gasteiger partial charge in [0, 0.05) is 5.56 Å². The van der Waals surface area contributed by atoms with Crippen LogP contribution in [0.1, 0.15) is 47.2 Å². The molecule has 3 N–H and O–H groups in total. The standard InChI is InChI=1S/C16H20N2O3/c1-10(2)12-4-6-13(7-5-12)20-9-14-8-11(3)15(21-14)16(19)18-17/h4-8,10H,9,17H2,1-3H3,(H,18,19). The third kappa shape index (κ3) is 3.64. The van der Waals surface area contributed by atoms with Crippen molar-refractivity contribution in [3.05, 3.63) is 53.0 Å². The Hall–Kier alpha value is -2.27. The van der Waals surface area contributed by atoms with Crippen molar-refractivity contribution in [1.29, 1.82) is 0 Å². The van der Waals surface area contributed by atoms with Gasteiger partial charge in [0.2, 0.25) is 0 Å². The van der Waals surface area contributed by atoms with E-state index < -0.39 is 5.91 Å². The average molecular weight is 288 g/mol. The molecule has 1 amide bonds. The van der Waals surface area contributed by atoms with Gasteiger partial charge in [-0.05, 0) is 36.6 Å². The first-order chi connectivity index (χ1) is 10.0. The van der Waals surface area contributed by atoms with Crippen molar-refractivity contribution in [2.45, 2.75) is 33.3 Å². The molecule has 2 rings (SSSR count). The van der Waals surface area contributed by atoms with Crippen molar-refractivity contribution in [3.63, 3.8) is 0 Å². The van der Waals surface area contributed by atoms with E-state index in [-0.39, 0.29) is 12.4 Å². The van der Waals surface area contributed by atoms with Gasteiger partial charge in [0.25, 0.3) is 0 Å². The third-order valence-electron chi connectivity index (χ3n) is 3.23. The second kappa shape index (κ2) is 6.45. The number of hydrazine groups is 1. The first-order valence-corrected chi connectivity index (χ1v) is 6.84. The molecule has 5 heteroatoms. The molecular formula is C16H20N2O3. The van der Waals surface area contributed by atoms with Gasteiger partial charge in [-0.1, -0.05) is 26.0 Å². The Labute approximate surface area is 124 Å². The summed E-state index contributed by atoms with van der Waals surface area (Å²) in [5, 5.41) is 0. The van der Waals surface area contributed by atoms with Crippen LogP contribution in [0.5, 0.6) is 5.75 Å². The predicted octanol–water partition coefficient (Wildman–Crippen LogP) is 2.89. The number of ether oxygens (including phenoxy) is 1. The van der Waals surface area contributed by atoms with Crippen LogP contribution < -0.4 is 16.0 Å². The van der Waals surface area contributed by atoms with E-state index in [2.05, 4.69) is 19.3 Å². The molecule has 5 nitrogen and oxygen atoms in total. The molecule has 1 aromatic carbocycles. The molecule has 1 aromatic heterocycles. The maximum absolute atomic E-state index is 11.5. The zero-order valence-electron chi connectivity index (χ0n) is 12.5. The Morgan fingerprint density at radius 3 is 2.57 bits per heavy atom. The van der Waals surface area contributed by atoms with Crippen molar-refractivity contribution in [1.82, 2.24) is 5.43 Å². The average Bonchev–Trinajstić information content (AvgIpc) is 2.86. The highest BCUT2D eigenvalue weighted by atomic mass is 16.5. The highest BCUT2D eigenvalue weighted by Crippen LogP contribution is 2.20. The normalized spacial score (nSPS) is 10.7. The summed E-state index contributed by atoms with van der Waals surface area (Å²) in [6.45, 7) is 6.34. The number of nitrogens with two attached hydrogens (primary N) is 1. The summed E-state index contributed by atoms with van der Waals surface area (Å²) >= 11 is 0. The molecule has 2 aromatic rings. The number of furan rings is 1. The molecule has 112 valence electrons. The lowest BCUT2D eigenvalue weighted by Crippen LogP contribution is -2.30. The number of hydrogen-bond donors (Lipinski definition) is 2. The summed E-state index contributed by atoms with van der Waals surface area (Å²) in [6, 6.07) is 9.71. The van der Waals surface area contributed by atoms with E-state index in [0.29, 0.717) is 11.7 Å². The molecule has 1 heterocycles. The van der Waals surface area contributed by atoms with Crippen LogP contribution in [0.4, 0.5) is 0 Å². The topological polar surface area (TPSA) is 77.5 Å². The lowest BCUT2D eigenvalue weighted by molar-refractivity contribution is 0.0921. The van der Waals surface area contributed by atoms with Crippen LogP contribution in [-0.2, 0) is 6.61 Å². The maximum atomic E-state index is 11.5. The SMILES string of the molecule is Cc1cc(COc2ccc(C(C)C)cc2)oc1C(=O)NN. The van der Waals surface area contributed by atoms with Crippen LogP contribution in [-0.4, -0.2) is 5.91 Å². The number of carbonyl (C=O) groups is 1. The number of hydrogen-bond acceptors (Lipinski definition) is 4. The first-order valence-electron chi connectivity index (χ1n) is 6.84. The number of benzene rings is 1. The quantitative estimate of drug-likeness (QED) is 0.504. The van der Waals surface area contributed by atoms with Crippen molar-refractivity contribution in [2.24, 2.45) is 5.84 Å². The molecule has 0 unspecified atom stereocenters. The molecule has 0 spiro atoms. The summed E-state index contributed by atoms with van der Waals surface area (Å²) in [7, 11) is 0. The van der Waals surface area contributed by atoms with Crippen LogP contribution >= 0.6 is 0 Å². The van der Waals surface area contributed by atoms with Gasteiger partial charge in [-0.3, -0.25) is 10.2 Å². The monoisotopic (exact) mass is 288 g/mol. The fraction of sp³-hybridized carbons (Fsp3) is 0.312. The minimum Gasteiger partial charge on any atom is -0.486 e. The third-order valence-corrected chi connectivity index (χ3v) is 3.23. The maximum Gasteiger partial charge on any atom is 0.301 e. The van der Waals surface area contributed by atoms with Gasteiger partial charge in [0.05, 0.1) is 0 Å².